The molecule has 4 atom stereocenters. The Kier molecular flexibility index (Phi) is 2.88. The number of rotatable bonds is 3. The van der Waals surface area contributed by atoms with Crippen molar-refractivity contribution >= 4 is 23.0 Å². The summed E-state index contributed by atoms with van der Waals surface area (Å²) in [5.74, 6) is 2.68. The third-order valence-electron chi connectivity index (χ3n) is 5.72. The molecule has 1 amide bonds. The largest absolute Gasteiger partial charge is 0.397 e. The highest BCUT2D eigenvalue weighted by molar-refractivity contribution is 6.00. The van der Waals surface area contributed by atoms with Crippen molar-refractivity contribution in [3.8, 4) is 0 Å². The Bertz CT molecular complexity index is 598. The highest BCUT2D eigenvalue weighted by atomic mass is 16.1. The number of carbonyl (C=O) groups excluding carboxylic acids is 1. The van der Waals surface area contributed by atoms with Crippen molar-refractivity contribution in [2.45, 2.75) is 45.1 Å². The number of nitrogen functional groups attached to an aromatic ring is 1. The van der Waals surface area contributed by atoms with Gasteiger partial charge in [-0.2, -0.15) is 0 Å². The molecule has 1 aromatic carbocycles. The smallest absolute Gasteiger partial charge is 0.228 e. The second-order valence-corrected chi connectivity index (χ2v) is 7.09. The molecule has 1 aromatic rings. The van der Waals surface area contributed by atoms with Crippen molar-refractivity contribution < 1.29 is 4.79 Å². The second-order valence-electron chi connectivity index (χ2n) is 7.09. The van der Waals surface area contributed by atoms with E-state index in [1.165, 1.54) is 25.7 Å². The van der Waals surface area contributed by atoms with Gasteiger partial charge in [0, 0.05) is 11.7 Å². The van der Waals surface area contributed by atoms with Crippen LogP contribution < -0.4 is 16.4 Å². The van der Waals surface area contributed by atoms with Gasteiger partial charge in [-0.25, -0.2) is 0 Å². The van der Waals surface area contributed by atoms with Gasteiger partial charge in [0.2, 0.25) is 5.91 Å². The second kappa shape index (κ2) is 4.65. The van der Waals surface area contributed by atoms with Crippen molar-refractivity contribution in [3.63, 3.8) is 0 Å². The summed E-state index contributed by atoms with van der Waals surface area (Å²) in [6.07, 6.45) is 6.06. The van der Waals surface area contributed by atoms with E-state index in [9.17, 15) is 4.79 Å². The maximum atomic E-state index is 11.5. The Morgan fingerprint density at radius 3 is 2.90 bits per heavy atom. The summed E-state index contributed by atoms with van der Waals surface area (Å²) in [5.41, 5.74) is 9.80. The maximum Gasteiger partial charge on any atom is 0.228 e. The van der Waals surface area contributed by atoms with Crippen LogP contribution in [-0.2, 0) is 11.2 Å². The summed E-state index contributed by atoms with van der Waals surface area (Å²) < 4.78 is 0. The third kappa shape index (κ3) is 2.17. The van der Waals surface area contributed by atoms with E-state index in [2.05, 4.69) is 17.6 Å². The molecule has 21 heavy (non-hydrogen) atoms. The lowest BCUT2D eigenvalue weighted by Gasteiger charge is -2.29. The van der Waals surface area contributed by atoms with Gasteiger partial charge in [0.25, 0.3) is 0 Å². The van der Waals surface area contributed by atoms with E-state index in [1.54, 1.807) is 0 Å². The van der Waals surface area contributed by atoms with Gasteiger partial charge in [-0.05, 0) is 61.6 Å². The molecule has 4 nitrogen and oxygen atoms in total. The molecule has 2 fully saturated rings. The quantitative estimate of drug-likeness (QED) is 0.748. The van der Waals surface area contributed by atoms with Gasteiger partial charge < -0.3 is 16.4 Å². The monoisotopic (exact) mass is 285 g/mol. The van der Waals surface area contributed by atoms with Gasteiger partial charge in [-0.3, -0.25) is 4.79 Å². The highest BCUT2D eigenvalue weighted by Gasteiger charge is 2.41. The number of fused-ring (bicyclic) bond motifs is 3. The SMILES string of the molecule is CC(Nc1cc2c(cc1N)CC(=O)N2)C1CC2CCC1C2. The first-order chi connectivity index (χ1) is 10.1. The molecule has 0 spiro atoms. The minimum absolute atomic E-state index is 0.0581. The molecule has 3 aliphatic rings. The molecule has 2 bridgehead atoms. The number of amides is 1. The molecule has 112 valence electrons. The number of nitrogens with two attached hydrogens (primary N) is 1. The highest BCUT2D eigenvalue weighted by Crippen LogP contribution is 2.50. The van der Waals surface area contributed by atoms with Crippen molar-refractivity contribution in [1.82, 2.24) is 0 Å². The van der Waals surface area contributed by atoms with Crippen LogP contribution in [0.4, 0.5) is 17.1 Å². The summed E-state index contributed by atoms with van der Waals surface area (Å²) in [6.45, 7) is 2.27. The summed E-state index contributed by atoms with van der Waals surface area (Å²) in [7, 11) is 0. The van der Waals surface area contributed by atoms with E-state index < -0.39 is 0 Å². The molecule has 1 heterocycles. The van der Waals surface area contributed by atoms with Crippen LogP contribution in [0.1, 0.15) is 38.2 Å². The Balaban J connectivity index is 1.52. The lowest BCUT2D eigenvalue weighted by molar-refractivity contribution is -0.115. The predicted octanol–water partition coefficient (Wildman–Crippen LogP) is 3.00. The summed E-state index contributed by atoms with van der Waals surface area (Å²) in [4.78, 5) is 11.5. The first-order valence-electron chi connectivity index (χ1n) is 8.09. The van der Waals surface area contributed by atoms with E-state index in [0.717, 1.165) is 40.4 Å². The molecule has 2 aliphatic carbocycles. The van der Waals surface area contributed by atoms with Gasteiger partial charge in [-0.1, -0.05) is 6.42 Å². The lowest BCUT2D eigenvalue weighted by atomic mass is 9.84. The molecule has 0 saturated heterocycles. The third-order valence-corrected chi connectivity index (χ3v) is 5.72. The Morgan fingerprint density at radius 2 is 2.19 bits per heavy atom. The van der Waals surface area contributed by atoms with E-state index in [0.29, 0.717) is 12.5 Å². The minimum Gasteiger partial charge on any atom is -0.397 e. The standard InChI is InChI=1S/C17H23N3O/c1-9(13-5-10-2-3-11(13)4-10)19-16-8-15-12(6-14(16)18)7-17(21)20-15/h6,8-11,13,19H,2-5,7,18H2,1H3,(H,20,21). The van der Waals surface area contributed by atoms with Crippen LogP contribution in [0, 0.1) is 17.8 Å². The first kappa shape index (κ1) is 13.0. The number of hydrogen-bond acceptors (Lipinski definition) is 3. The molecule has 4 heteroatoms. The van der Waals surface area contributed by atoms with Crippen LogP contribution in [-0.4, -0.2) is 11.9 Å². The normalized spacial score (nSPS) is 31.1. The predicted molar refractivity (Wildman–Crippen MR) is 85.2 cm³/mol. The molecule has 0 aromatic heterocycles. The van der Waals surface area contributed by atoms with E-state index in [4.69, 9.17) is 5.73 Å². The van der Waals surface area contributed by atoms with Gasteiger partial charge in [-0.15, -0.1) is 0 Å². The van der Waals surface area contributed by atoms with Gasteiger partial charge in [0.05, 0.1) is 17.8 Å². The molecule has 1 aliphatic heterocycles. The summed E-state index contributed by atoms with van der Waals surface area (Å²) in [5, 5.41) is 6.51. The van der Waals surface area contributed by atoms with Gasteiger partial charge in [0.1, 0.15) is 0 Å². The zero-order chi connectivity index (χ0) is 14.6. The van der Waals surface area contributed by atoms with E-state index >= 15 is 0 Å². The number of hydrogen-bond donors (Lipinski definition) is 3. The molecular formula is C17H23N3O. The van der Waals surface area contributed by atoms with Crippen LogP contribution in [0.3, 0.4) is 0 Å². The van der Waals surface area contributed by atoms with Crippen molar-refractivity contribution in [2.75, 3.05) is 16.4 Å². The van der Waals surface area contributed by atoms with E-state index in [-0.39, 0.29) is 5.91 Å². The van der Waals surface area contributed by atoms with Crippen molar-refractivity contribution in [2.24, 2.45) is 17.8 Å². The first-order valence-corrected chi connectivity index (χ1v) is 8.09. The topological polar surface area (TPSA) is 67.1 Å². The van der Waals surface area contributed by atoms with Gasteiger partial charge in [0.15, 0.2) is 0 Å². The fourth-order valence-corrected chi connectivity index (χ4v) is 4.68. The van der Waals surface area contributed by atoms with Gasteiger partial charge >= 0.3 is 0 Å². The van der Waals surface area contributed by atoms with Crippen LogP contribution in [0.2, 0.25) is 0 Å². The fourth-order valence-electron chi connectivity index (χ4n) is 4.68. The van der Waals surface area contributed by atoms with Crippen LogP contribution in [0.25, 0.3) is 0 Å². The maximum absolute atomic E-state index is 11.5. The van der Waals surface area contributed by atoms with Crippen molar-refractivity contribution in [3.05, 3.63) is 17.7 Å². The molecule has 4 rings (SSSR count). The van der Waals surface area contributed by atoms with Crippen LogP contribution >= 0.6 is 0 Å². The molecular weight excluding hydrogens is 262 g/mol. The number of carbonyl (C=O) groups is 1. The summed E-state index contributed by atoms with van der Waals surface area (Å²) in [6, 6.07) is 4.38. The zero-order valence-corrected chi connectivity index (χ0v) is 12.5. The number of anilines is 3. The van der Waals surface area contributed by atoms with E-state index in [1.807, 2.05) is 12.1 Å². The molecule has 4 unspecified atom stereocenters. The average molecular weight is 285 g/mol. The number of nitrogens with one attached hydrogen (secondary N) is 2. The Hall–Kier alpha value is -1.71. The van der Waals surface area contributed by atoms with Crippen LogP contribution in [0.5, 0.6) is 0 Å². The Labute approximate surface area is 125 Å². The lowest BCUT2D eigenvalue weighted by Crippen LogP contribution is -2.30. The minimum atomic E-state index is 0.0581. The molecule has 0 radical (unpaired) electrons. The Morgan fingerprint density at radius 1 is 1.33 bits per heavy atom. The van der Waals surface area contributed by atoms with Crippen LogP contribution in [0.15, 0.2) is 12.1 Å². The average Bonchev–Trinajstić information content (AvgIpc) is 3.13. The molecule has 4 N–H and O–H groups in total. The zero-order valence-electron chi connectivity index (χ0n) is 12.5. The van der Waals surface area contributed by atoms with Crippen molar-refractivity contribution in [1.29, 1.82) is 0 Å². The summed E-state index contributed by atoms with van der Waals surface area (Å²) >= 11 is 0. The fraction of sp³-hybridized carbons (Fsp3) is 0.588. The molecule has 2 saturated carbocycles. The number of benzene rings is 1.